The lowest BCUT2D eigenvalue weighted by Gasteiger charge is -2.32. The first-order chi connectivity index (χ1) is 12.8. The Labute approximate surface area is 159 Å². The van der Waals surface area contributed by atoms with Crippen LogP contribution >= 0.6 is 0 Å². The molecule has 1 saturated heterocycles. The Bertz CT molecular complexity index is 857. The zero-order chi connectivity index (χ0) is 19.7. The predicted octanol–water partition coefficient (Wildman–Crippen LogP) is 2.11. The van der Waals surface area contributed by atoms with Gasteiger partial charge in [0, 0.05) is 44.1 Å². The van der Waals surface area contributed by atoms with Crippen molar-refractivity contribution in [3.8, 4) is 0 Å². The third-order valence-electron chi connectivity index (χ3n) is 5.41. The molecule has 1 amide bonds. The number of hydrogen-bond acceptors (Lipinski definition) is 5. The maximum atomic E-state index is 12.8. The Morgan fingerprint density at radius 1 is 1.33 bits per heavy atom. The number of aryl methyl sites for hydroxylation is 3. The summed E-state index contributed by atoms with van der Waals surface area (Å²) < 4.78 is 8.33. The highest BCUT2D eigenvalue weighted by Crippen LogP contribution is 2.27. The molecule has 1 fully saturated rings. The lowest BCUT2D eigenvalue weighted by atomic mass is 9.96. The van der Waals surface area contributed by atoms with Crippen LogP contribution in [0.25, 0.3) is 0 Å². The Balaban J connectivity index is 1.70. The minimum Gasteiger partial charge on any atom is -0.361 e. The number of amides is 1. The first-order valence-corrected chi connectivity index (χ1v) is 9.64. The van der Waals surface area contributed by atoms with E-state index >= 15 is 0 Å². The molecule has 0 bridgehead atoms. The number of carbonyl (C=O) groups excluding carboxylic acids is 1. The van der Waals surface area contributed by atoms with E-state index in [1.54, 1.807) is 11.6 Å². The van der Waals surface area contributed by atoms with Gasteiger partial charge < -0.3 is 9.42 Å². The van der Waals surface area contributed by atoms with Gasteiger partial charge in [0.05, 0.1) is 5.69 Å². The SMILES string of the molecule is Cc1noc(C)c1CCC(=O)N1CCCC(c2nn(C)c(=O)n2C(C)C)C1. The average Bonchev–Trinajstić information content (AvgIpc) is 3.12. The van der Waals surface area contributed by atoms with Gasteiger partial charge in [-0.1, -0.05) is 5.16 Å². The summed E-state index contributed by atoms with van der Waals surface area (Å²) in [6.45, 7) is 9.13. The molecule has 0 aromatic carbocycles. The van der Waals surface area contributed by atoms with Gasteiger partial charge in [-0.3, -0.25) is 9.36 Å². The van der Waals surface area contributed by atoms with E-state index in [0.29, 0.717) is 19.4 Å². The largest absolute Gasteiger partial charge is 0.361 e. The van der Waals surface area contributed by atoms with Crippen LogP contribution in [-0.4, -0.2) is 43.4 Å². The zero-order valence-electron chi connectivity index (χ0n) is 16.9. The van der Waals surface area contributed by atoms with Crippen LogP contribution in [0.5, 0.6) is 0 Å². The van der Waals surface area contributed by atoms with Crippen LogP contribution in [0, 0.1) is 13.8 Å². The second-order valence-electron chi connectivity index (χ2n) is 7.71. The van der Waals surface area contributed by atoms with Gasteiger partial charge in [0.1, 0.15) is 11.6 Å². The van der Waals surface area contributed by atoms with E-state index in [2.05, 4.69) is 10.3 Å². The Morgan fingerprint density at radius 3 is 2.70 bits per heavy atom. The molecule has 3 rings (SSSR count). The molecule has 0 N–H and O–H groups in total. The number of rotatable bonds is 5. The smallest absolute Gasteiger partial charge is 0.345 e. The molecule has 148 valence electrons. The normalized spacial score (nSPS) is 17.7. The fraction of sp³-hybridized carbons (Fsp3) is 0.684. The first kappa shape index (κ1) is 19.4. The summed E-state index contributed by atoms with van der Waals surface area (Å²) >= 11 is 0. The van der Waals surface area contributed by atoms with Crippen LogP contribution in [0.15, 0.2) is 9.32 Å². The van der Waals surface area contributed by atoms with Crippen molar-refractivity contribution in [1.82, 2.24) is 24.4 Å². The Morgan fingerprint density at radius 2 is 2.07 bits per heavy atom. The van der Waals surface area contributed by atoms with Crippen molar-refractivity contribution in [2.75, 3.05) is 13.1 Å². The second-order valence-corrected chi connectivity index (χ2v) is 7.71. The highest BCUT2D eigenvalue weighted by molar-refractivity contribution is 5.76. The van der Waals surface area contributed by atoms with Gasteiger partial charge in [-0.2, -0.15) is 5.10 Å². The molecular weight excluding hydrogens is 346 g/mol. The van der Waals surface area contributed by atoms with E-state index in [1.807, 2.05) is 32.6 Å². The van der Waals surface area contributed by atoms with Gasteiger partial charge in [0.15, 0.2) is 0 Å². The summed E-state index contributed by atoms with van der Waals surface area (Å²) in [6.07, 6.45) is 2.94. The molecule has 0 radical (unpaired) electrons. The van der Waals surface area contributed by atoms with Crippen LogP contribution in [0.3, 0.4) is 0 Å². The summed E-state index contributed by atoms with van der Waals surface area (Å²) in [5.74, 6) is 1.80. The maximum Gasteiger partial charge on any atom is 0.345 e. The van der Waals surface area contributed by atoms with Crippen LogP contribution in [0.2, 0.25) is 0 Å². The van der Waals surface area contributed by atoms with Crippen molar-refractivity contribution in [2.24, 2.45) is 7.05 Å². The second kappa shape index (κ2) is 7.70. The molecule has 8 nitrogen and oxygen atoms in total. The summed E-state index contributed by atoms with van der Waals surface area (Å²) in [5, 5.41) is 8.42. The van der Waals surface area contributed by atoms with Gasteiger partial charge in [-0.15, -0.1) is 0 Å². The van der Waals surface area contributed by atoms with E-state index in [1.165, 1.54) is 4.68 Å². The highest BCUT2D eigenvalue weighted by atomic mass is 16.5. The Kier molecular flexibility index (Phi) is 5.53. The predicted molar refractivity (Wildman–Crippen MR) is 101 cm³/mol. The third kappa shape index (κ3) is 3.84. The van der Waals surface area contributed by atoms with Gasteiger partial charge in [0.25, 0.3) is 0 Å². The molecule has 0 spiro atoms. The van der Waals surface area contributed by atoms with Gasteiger partial charge in [0.2, 0.25) is 5.91 Å². The molecule has 1 aliphatic heterocycles. The molecule has 1 unspecified atom stereocenters. The minimum absolute atomic E-state index is 0.0480. The quantitative estimate of drug-likeness (QED) is 0.799. The van der Waals surface area contributed by atoms with Crippen LogP contribution < -0.4 is 5.69 Å². The maximum absolute atomic E-state index is 12.8. The number of carbonyl (C=O) groups is 1. The summed E-state index contributed by atoms with van der Waals surface area (Å²) in [6, 6.07) is 0.0480. The van der Waals surface area contributed by atoms with Crippen molar-refractivity contribution in [3.63, 3.8) is 0 Å². The van der Waals surface area contributed by atoms with Crippen molar-refractivity contribution in [2.45, 2.75) is 65.3 Å². The number of nitrogens with zero attached hydrogens (tertiary/aromatic N) is 5. The van der Waals surface area contributed by atoms with E-state index < -0.39 is 0 Å². The van der Waals surface area contributed by atoms with Gasteiger partial charge in [-0.05, 0) is 47.0 Å². The van der Waals surface area contributed by atoms with E-state index in [4.69, 9.17) is 4.52 Å². The zero-order valence-corrected chi connectivity index (χ0v) is 16.9. The summed E-state index contributed by atoms with van der Waals surface area (Å²) in [4.78, 5) is 27.0. The molecule has 27 heavy (non-hydrogen) atoms. The van der Waals surface area contributed by atoms with Crippen LogP contribution in [0.1, 0.15) is 67.9 Å². The molecule has 2 aromatic heterocycles. The Hall–Kier alpha value is -2.38. The lowest BCUT2D eigenvalue weighted by molar-refractivity contribution is -0.132. The number of hydrogen-bond donors (Lipinski definition) is 0. The van der Waals surface area contributed by atoms with Crippen molar-refractivity contribution in [3.05, 3.63) is 33.3 Å². The number of piperidine rings is 1. The lowest BCUT2D eigenvalue weighted by Crippen LogP contribution is -2.40. The molecule has 0 saturated carbocycles. The highest BCUT2D eigenvalue weighted by Gasteiger charge is 2.29. The average molecular weight is 375 g/mol. The molecule has 1 atom stereocenters. The van der Waals surface area contributed by atoms with Crippen molar-refractivity contribution in [1.29, 1.82) is 0 Å². The minimum atomic E-state index is -0.0955. The van der Waals surface area contributed by atoms with E-state index in [9.17, 15) is 9.59 Å². The fourth-order valence-electron chi connectivity index (χ4n) is 3.93. The van der Waals surface area contributed by atoms with Gasteiger partial charge in [-0.25, -0.2) is 9.48 Å². The molecule has 3 heterocycles. The van der Waals surface area contributed by atoms with Crippen LogP contribution in [-0.2, 0) is 18.3 Å². The molecule has 2 aromatic rings. The van der Waals surface area contributed by atoms with Crippen molar-refractivity contribution >= 4 is 5.91 Å². The number of aromatic nitrogens is 4. The summed E-state index contributed by atoms with van der Waals surface area (Å²) in [7, 11) is 1.68. The van der Waals surface area contributed by atoms with E-state index in [-0.39, 0.29) is 23.6 Å². The fourth-order valence-corrected chi connectivity index (χ4v) is 3.93. The van der Waals surface area contributed by atoms with Gasteiger partial charge >= 0.3 is 5.69 Å². The van der Waals surface area contributed by atoms with E-state index in [0.717, 1.165) is 42.2 Å². The topological polar surface area (TPSA) is 86.2 Å². The van der Waals surface area contributed by atoms with Crippen molar-refractivity contribution < 1.29 is 9.32 Å². The number of likely N-dealkylation sites (tertiary alicyclic amines) is 1. The third-order valence-corrected chi connectivity index (χ3v) is 5.41. The molecular formula is C19H29N5O3. The van der Waals surface area contributed by atoms with Crippen LogP contribution in [0.4, 0.5) is 0 Å². The summed E-state index contributed by atoms with van der Waals surface area (Å²) in [5.41, 5.74) is 1.78. The molecule has 8 heteroatoms. The first-order valence-electron chi connectivity index (χ1n) is 9.64. The molecule has 0 aliphatic carbocycles. The standard InChI is InChI=1S/C19H29N5O3/c1-12(2)24-18(20-22(5)19(24)26)15-7-6-10-23(11-15)17(25)9-8-16-13(3)21-27-14(16)4/h12,15H,6-11H2,1-5H3. The monoisotopic (exact) mass is 375 g/mol. The molecule has 1 aliphatic rings.